The van der Waals surface area contributed by atoms with E-state index in [1.807, 2.05) is 38.1 Å². The maximum Gasteiger partial charge on any atom is 0.255 e. The Hall–Kier alpha value is -2.37. The zero-order valence-corrected chi connectivity index (χ0v) is 14.0. The summed E-state index contributed by atoms with van der Waals surface area (Å²) in [5, 5.41) is 8.47. The topological polar surface area (TPSA) is 71.0 Å². The lowest BCUT2D eigenvalue weighted by Gasteiger charge is -2.29. The lowest BCUT2D eigenvalue weighted by molar-refractivity contribution is -0.143. The van der Waals surface area contributed by atoms with Crippen LogP contribution in [-0.4, -0.2) is 43.2 Å². The first-order valence-corrected chi connectivity index (χ1v) is 7.71. The van der Waals surface area contributed by atoms with E-state index >= 15 is 0 Å². The molecule has 124 valence electrons. The number of amides is 2. The van der Waals surface area contributed by atoms with Crippen molar-refractivity contribution in [2.75, 3.05) is 20.7 Å². The maximum atomic E-state index is 12.5. The maximum absolute atomic E-state index is 12.5. The fourth-order valence-electron chi connectivity index (χ4n) is 2.51. The van der Waals surface area contributed by atoms with Crippen LogP contribution < -0.4 is 10.1 Å². The first-order chi connectivity index (χ1) is 11.0. The van der Waals surface area contributed by atoms with Gasteiger partial charge in [0.15, 0.2) is 0 Å². The number of rotatable bonds is 5. The summed E-state index contributed by atoms with van der Waals surface area (Å²) in [7, 11) is 3.15. The number of benzene rings is 1. The minimum absolute atomic E-state index is 0.240. The molecular weight excluding hydrogens is 294 g/mol. The van der Waals surface area contributed by atoms with Crippen LogP contribution in [0.4, 0.5) is 0 Å². The van der Waals surface area contributed by atoms with Gasteiger partial charge in [-0.15, -0.1) is 0 Å². The third kappa shape index (κ3) is 3.88. The van der Waals surface area contributed by atoms with Crippen molar-refractivity contribution in [1.29, 1.82) is 0 Å². The molecule has 2 amide bonds. The predicted molar refractivity (Wildman–Crippen MR) is 88.3 cm³/mol. The molecule has 0 aromatic heterocycles. The first kappa shape index (κ1) is 17.0. The standard InChI is InChI=1S/C17H23N3O3/c1-11(2)10-20-17(22)14(16(21)18-3)9-15(19-20)12-5-7-13(23-4)8-6-12/h5-8,11,14H,9-10H2,1-4H3,(H,18,21). The third-order valence-electron chi connectivity index (χ3n) is 3.72. The van der Waals surface area contributed by atoms with E-state index in [1.54, 1.807) is 14.2 Å². The van der Waals surface area contributed by atoms with Gasteiger partial charge in [0.2, 0.25) is 5.91 Å². The van der Waals surface area contributed by atoms with E-state index < -0.39 is 5.92 Å². The molecule has 0 radical (unpaired) electrons. The Morgan fingerprint density at radius 3 is 2.57 bits per heavy atom. The second kappa shape index (κ2) is 7.26. The molecule has 0 saturated heterocycles. The molecule has 1 aliphatic heterocycles. The molecule has 2 rings (SSSR count). The molecule has 0 aliphatic carbocycles. The van der Waals surface area contributed by atoms with Crippen LogP contribution in [0.2, 0.25) is 0 Å². The third-order valence-corrected chi connectivity index (χ3v) is 3.72. The fraction of sp³-hybridized carbons (Fsp3) is 0.471. The second-order valence-electron chi connectivity index (χ2n) is 5.96. The molecule has 1 aromatic carbocycles. The lowest BCUT2D eigenvalue weighted by Crippen LogP contribution is -2.46. The summed E-state index contributed by atoms with van der Waals surface area (Å²) < 4.78 is 5.16. The molecule has 0 fully saturated rings. The van der Waals surface area contributed by atoms with Crippen LogP contribution >= 0.6 is 0 Å². The number of nitrogens with one attached hydrogen (secondary N) is 1. The number of hydrogen-bond acceptors (Lipinski definition) is 4. The summed E-state index contributed by atoms with van der Waals surface area (Å²) in [6.45, 7) is 4.52. The van der Waals surface area contributed by atoms with E-state index in [0.29, 0.717) is 13.0 Å². The van der Waals surface area contributed by atoms with Crippen molar-refractivity contribution in [1.82, 2.24) is 10.3 Å². The van der Waals surface area contributed by atoms with E-state index in [9.17, 15) is 9.59 Å². The Morgan fingerprint density at radius 2 is 2.04 bits per heavy atom. The van der Waals surface area contributed by atoms with Crippen LogP contribution in [0.15, 0.2) is 29.4 Å². The molecule has 1 aliphatic rings. The van der Waals surface area contributed by atoms with E-state index in [0.717, 1.165) is 17.0 Å². The Balaban J connectivity index is 2.34. The zero-order chi connectivity index (χ0) is 17.0. The number of nitrogens with zero attached hydrogens (tertiary/aromatic N) is 2. The average Bonchev–Trinajstić information content (AvgIpc) is 2.55. The van der Waals surface area contributed by atoms with Crippen LogP contribution in [0.3, 0.4) is 0 Å². The summed E-state index contributed by atoms with van der Waals surface area (Å²) in [5.41, 5.74) is 1.63. The number of carbonyl (C=O) groups is 2. The summed E-state index contributed by atoms with van der Waals surface area (Å²) in [6.07, 6.45) is 0.305. The van der Waals surface area contributed by atoms with Gasteiger partial charge in [-0.05, 0) is 35.7 Å². The first-order valence-electron chi connectivity index (χ1n) is 7.71. The zero-order valence-electron chi connectivity index (χ0n) is 14.0. The molecule has 0 spiro atoms. The molecule has 1 heterocycles. The molecule has 1 N–H and O–H groups in total. The van der Waals surface area contributed by atoms with Gasteiger partial charge < -0.3 is 10.1 Å². The highest BCUT2D eigenvalue weighted by Crippen LogP contribution is 2.23. The normalized spacial score (nSPS) is 18.0. The van der Waals surface area contributed by atoms with Gasteiger partial charge in [-0.1, -0.05) is 13.8 Å². The highest BCUT2D eigenvalue weighted by atomic mass is 16.5. The molecule has 23 heavy (non-hydrogen) atoms. The van der Waals surface area contributed by atoms with Gasteiger partial charge >= 0.3 is 0 Å². The van der Waals surface area contributed by atoms with E-state index in [1.165, 1.54) is 5.01 Å². The van der Waals surface area contributed by atoms with Crippen LogP contribution in [0.25, 0.3) is 0 Å². The highest BCUT2D eigenvalue weighted by molar-refractivity contribution is 6.11. The molecule has 0 bridgehead atoms. The summed E-state index contributed by atoms with van der Waals surface area (Å²) in [5.74, 6) is -0.222. The molecular formula is C17H23N3O3. The van der Waals surface area contributed by atoms with Gasteiger partial charge in [0.1, 0.15) is 11.7 Å². The average molecular weight is 317 g/mol. The van der Waals surface area contributed by atoms with Crippen LogP contribution in [0, 0.1) is 11.8 Å². The van der Waals surface area contributed by atoms with Gasteiger partial charge in [-0.3, -0.25) is 9.59 Å². The van der Waals surface area contributed by atoms with Gasteiger partial charge in [-0.2, -0.15) is 5.10 Å². The smallest absolute Gasteiger partial charge is 0.255 e. The molecule has 1 atom stereocenters. The lowest BCUT2D eigenvalue weighted by atomic mass is 9.94. The van der Waals surface area contributed by atoms with Crippen molar-refractivity contribution < 1.29 is 14.3 Å². The van der Waals surface area contributed by atoms with Crippen LogP contribution in [0.5, 0.6) is 5.75 Å². The highest BCUT2D eigenvalue weighted by Gasteiger charge is 2.36. The summed E-state index contributed by atoms with van der Waals surface area (Å²) in [4.78, 5) is 24.5. The fourth-order valence-corrected chi connectivity index (χ4v) is 2.51. The molecule has 6 heteroatoms. The van der Waals surface area contributed by atoms with Crippen molar-refractivity contribution in [3.8, 4) is 5.75 Å². The quantitative estimate of drug-likeness (QED) is 0.839. The molecule has 0 saturated carbocycles. The Labute approximate surface area is 136 Å². The largest absolute Gasteiger partial charge is 0.497 e. The summed E-state index contributed by atoms with van der Waals surface area (Å²) in [6, 6.07) is 7.47. The Kier molecular flexibility index (Phi) is 5.36. The SMILES string of the molecule is CNC(=O)C1CC(c2ccc(OC)cc2)=NN(CC(C)C)C1=O. The Morgan fingerprint density at radius 1 is 1.39 bits per heavy atom. The number of hydrogen-bond donors (Lipinski definition) is 1. The van der Waals surface area contributed by atoms with Crippen LogP contribution in [0.1, 0.15) is 25.8 Å². The molecule has 1 aromatic rings. The van der Waals surface area contributed by atoms with Crippen molar-refractivity contribution in [3.63, 3.8) is 0 Å². The minimum atomic E-state index is -0.728. The minimum Gasteiger partial charge on any atom is -0.497 e. The number of methoxy groups -OCH3 is 1. The number of hydrazone groups is 1. The molecule has 6 nitrogen and oxygen atoms in total. The predicted octanol–water partition coefficient (Wildman–Crippen LogP) is 1.65. The molecule has 1 unspecified atom stereocenters. The van der Waals surface area contributed by atoms with E-state index in [-0.39, 0.29) is 17.7 Å². The summed E-state index contributed by atoms with van der Waals surface area (Å²) >= 11 is 0. The van der Waals surface area contributed by atoms with Crippen molar-refractivity contribution in [3.05, 3.63) is 29.8 Å². The van der Waals surface area contributed by atoms with Gasteiger partial charge in [0, 0.05) is 20.0 Å². The van der Waals surface area contributed by atoms with Crippen molar-refractivity contribution in [2.45, 2.75) is 20.3 Å². The Bertz CT molecular complexity index is 608. The van der Waals surface area contributed by atoms with Crippen LogP contribution in [-0.2, 0) is 9.59 Å². The van der Waals surface area contributed by atoms with Crippen molar-refractivity contribution >= 4 is 17.5 Å². The van der Waals surface area contributed by atoms with Gasteiger partial charge in [0.25, 0.3) is 5.91 Å². The van der Waals surface area contributed by atoms with E-state index in [2.05, 4.69) is 10.4 Å². The van der Waals surface area contributed by atoms with E-state index in [4.69, 9.17) is 4.74 Å². The number of carbonyl (C=O) groups excluding carboxylic acids is 2. The van der Waals surface area contributed by atoms with Crippen molar-refractivity contribution in [2.24, 2.45) is 16.9 Å². The monoisotopic (exact) mass is 317 g/mol. The number of ether oxygens (including phenoxy) is 1. The van der Waals surface area contributed by atoms with Gasteiger partial charge in [0.05, 0.1) is 12.8 Å². The van der Waals surface area contributed by atoms with Gasteiger partial charge in [-0.25, -0.2) is 5.01 Å². The second-order valence-corrected chi connectivity index (χ2v) is 5.96.